The van der Waals surface area contributed by atoms with Gasteiger partial charge in [-0.25, -0.2) is 17.9 Å². The molecule has 0 spiro atoms. The van der Waals surface area contributed by atoms with Crippen molar-refractivity contribution >= 4 is 27.0 Å². The standard InChI is InChI=1S/C18H22N4O2S2/c1-12-8-18-19-11-20-22(18)10-16(12)15-4-6-21(7-5-15)26(23,24)17-9-13(2)25-14(17)3/h8-11,15H,4-7H2,1-3H3. The first-order valence-corrected chi connectivity index (χ1v) is 11.0. The van der Waals surface area contributed by atoms with E-state index in [0.29, 0.717) is 23.9 Å². The lowest BCUT2D eigenvalue weighted by atomic mass is 9.89. The molecule has 0 atom stereocenters. The molecule has 0 aromatic carbocycles. The topological polar surface area (TPSA) is 67.6 Å². The van der Waals surface area contributed by atoms with Crippen LogP contribution in [0, 0.1) is 20.8 Å². The molecule has 1 aliphatic rings. The second kappa shape index (κ2) is 6.44. The molecule has 0 N–H and O–H groups in total. The van der Waals surface area contributed by atoms with Crippen LogP contribution < -0.4 is 0 Å². The van der Waals surface area contributed by atoms with E-state index in [9.17, 15) is 8.42 Å². The third kappa shape index (κ3) is 2.95. The van der Waals surface area contributed by atoms with E-state index < -0.39 is 10.0 Å². The predicted molar refractivity (Wildman–Crippen MR) is 102 cm³/mol. The van der Waals surface area contributed by atoms with Crippen molar-refractivity contribution in [3.05, 3.63) is 45.5 Å². The second-order valence-electron chi connectivity index (χ2n) is 6.93. The third-order valence-corrected chi connectivity index (χ3v) is 8.29. The number of thiophene rings is 1. The summed E-state index contributed by atoms with van der Waals surface area (Å²) in [5.74, 6) is 0.348. The Morgan fingerprint density at radius 2 is 1.88 bits per heavy atom. The van der Waals surface area contributed by atoms with Crippen LogP contribution in [-0.2, 0) is 10.0 Å². The smallest absolute Gasteiger partial charge is 0.221 e. The molecule has 26 heavy (non-hydrogen) atoms. The summed E-state index contributed by atoms with van der Waals surface area (Å²) in [4.78, 5) is 6.60. The van der Waals surface area contributed by atoms with E-state index >= 15 is 0 Å². The zero-order valence-electron chi connectivity index (χ0n) is 15.1. The number of piperidine rings is 1. The Morgan fingerprint density at radius 3 is 2.54 bits per heavy atom. The molecule has 138 valence electrons. The number of fused-ring (bicyclic) bond motifs is 1. The SMILES string of the molecule is Cc1cc(S(=O)(=O)N2CCC(c3cn4ncnc4cc3C)CC2)c(C)s1. The summed E-state index contributed by atoms with van der Waals surface area (Å²) in [5, 5.41) is 4.22. The molecule has 0 aliphatic carbocycles. The van der Waals surface area contributed by atoms with Gasteiger partial charge in [-0.2, -0.15) is 9.40 Å². The van der Waals surface area contributed by atoms with E-state index in [-0.39, 0.29) is 0 Å². The van der Waals surface area contributed by atoms with Crippen molar-refractivity contribution < 1.29 is 8.42 Å². The van der Waals surface area contributed by atoms with Crippen molar-refractivity contribution in [3.63, 3.8) is 0 Å². The zero-order valence-corrected chi connectivity index (χ0v) is 16.8. The van der Waals surface area contributed by atoms with Crippen molar-refractivity contribution in [3.8, 4) is 0 Å². The van der Waals surface area contributed by atoms with Gasteiger partial charge < -0.3 is 0 Å². The maximum Gasteiger partial charge on any atom is 0.244 e. The van der Waals surface area contributed by atoms with Crippen LogP contribution in [0.1, 0.15) is 39.6 Å². The molecule has 1 saturated heterocycles. The minimum Gasteiger partial charge on any atom is -0.221 e. The van der Waals surface area contributed by atoms with Crippen molar-refractivity contribution in [1.82, 2.24) is 18.9 Å². The van der Waals surface area contributed by atoms with Crippen LogP contribution in [0.25, 0.3) is 5.65 Å². The summed E-state index contributed by atoms with van der Waals surface area (Å²) >= 11 is 1.54. The lowest BCUT2D eigenvalue weighted by molar-refractivity contribution is 0.318. The van der Waals surface area contributed by atoms with E-state index in [1.807, 2.05) is 26.1 Å². The maximum absolute atomic E-state index is 13.0. The third-order valence-electron chi connectivity index (χ3n) is 5.17. The van der Waals surface area contributed by atoms with Crippen molar-refractivity contribution in [2.75, 3.05) is 13.1 Å². The summed E-state index contributed by atoms with van der Waals surface area (Å²) in [5.41, 5.74) is 3.27. The molecule has 4 heterocycles. The number of nitrogens with zero attached hydrogens (tertiary/aromatic N) is 4. The first kappa shape index (κ1) is 17.6. The second-order valence-corrected chi connectivity index (χ2v) is 10.3. The number of aryl methyl sites for hydroxylation is 3. The summed E-state index contributed by atoms with van der Waals surface area (Å²) in [6, 6.07) is 3.84. The van der Waals surface area contributed by atoms with E-state index in [1.54, 1.807) is 21.2 Å². The molecule has 0 saturated carbocycles. The molecule has 0 unspecified atom stereocenters. The Kier molecular flexibility index (Phi) is 4.37. The fourth-order valence-corrected chi connectivity index (χ4v) is 6.80. The van der Waals surface area contributed by atoms with E-state index in [1.165, 1.54) is 22.5 Å². The van der Waals surface area contributed by atoms with Crippen LogP contribution in [0.15, 0.2) is 29.6 Å². The highest BCUT2D eigenvalue weighted by Crippen LogP contribution is 2.34. The van der Waals surface area contributed by atoms with Gasteiger partial charge in [0.15, 0.2) is 5.65 Å². The predicted octanol–water partition coefficient (Wildman–Crippen LogP) is 3.28. The molecule has 1 fully saturated rings. The fourth-order valence-electron chi connectivity index (χ4n) is 3.81. The Labute approximate surface area is 157 Å². The highest BCUT2D eigenvalue weighted by Gasteiger charge is 2.32. The lowest BCUT2D eigenvalue weighted by Crippen LogP contribution is -2.38. The molecule has 3 aromatic heterocycles. The number of hydrogen-bond acceptors (Lipinski definition) is 5. The number of pyridine rings is 1. The van der Waals surface area contributed by atoms with Gasteiger partial charge in [-0.1, -0.05) is 0 Å². The average Bonchev–Trinajstić information content (AvgIpc) is 3.19. The van der Waals surface area contributed by atoms with Gasteiger partial charge in [0.2, 0.25) is 10.0 Å². The monoisotopic (exact) mass is 390 g/mol. The van der Waals surface area contributed by atoms with Crippen LogP contribution >= 0.6 is 11.3 Å². The molecule has 0 amide bonds. The zero-order chi connectivity index (χ0) is 18.5. The van der Waals surface area contributed by atoms with E-state index in [2.05, 4.69) is 17.0 Å². The van der Waals surface area contributed by atoms with Gasteiger partial charge in [0.1, 0.15) is 6.33 Å². The van der Waals surface area contributed by atoms with Crippen molar-refractivity contribution in [2.45, 2.75) is 44.4 Å². The molecule has 8 heteroatoms. The van der Waals surface area contributed by atoms with Gasteiger partial charge in [-0.05, 0) is 62.8 Å². The van der Waals surface area contributed by atoms with Gasteiger partial charge >= 0.3 is 0 Å². The normalized spacial score (nSPS) is 17.2. The number of sulfonamides is 1. The van der Waals surface area contributed by atoms with Crippen molar-refractivity contribution in [2.24, 2.45) is 0 Å². The fraction of sp³-hybridized carbons (Fsp3) is 0.444. The Balaban J connectivity index is 1.55. The van der Waals surface area contributed by atoms with Crippen molar-refractivity contribution in [1.29, 1.82) is 0 Å². The minimum atomic E-state index is -3.40. The largest absolute Gasteiger partial charge is 0.244 e. The van der Waals surface area contributed by atoms with Gasteiger partial charge in [-0.15, -0.1) is 11.3 Å². The van der Waals surface area contributed by atoms with Crippen LogP contribution in [0.2, 0.25) is 0 Å². The quantitative estimate of drug-likeness (QED) is 0.688. The summed E-state index contributed by atoms with van der Waals surface area (Å²) < 4.78 is 29.4. The lowest BCUT2D eigenvalue weighted by Gasteiger charge is -2.32. The van der Waals surface area contributed by atoms with Gasteiger partial charge in [0, 0.05) is 29.0 Å². The number of rotatable bonds is 3. The molecule has 0 radical (unpaired) electrons. The van der Waals surface area contributed by atoms with Crippen LogP contribution in [0.3, 0.4) is 0 Å². The Hall–Kier alpha value is -1.77. The maximum atomic E-state index is 13.0. The molecular formula is C18H22N4O2S2. The van der Waals surface area contributed by atoms with E-state index in [4.69, 9.17) is 0 Å². The highest BCUT2D eigenvalue weighted by molar-refractivity contribution is 7.89. The first-order chi connectivity index (χ1) is 12.4. The van der Waals surface area contributed by atoms with Crippen LogP contribution in [0.4, 0.5) is 0 Å². The number of hydrogen-bond donors (Lipinski definition) is 0. The van der Waals surface area contributed by atoms with Gasteiger partial charge in [-0.3, -0.25) is 0 Å². The van der Waals surface area contributed by atoms with E-state index in [0.717, 1.165) is 28.2 Å². The summed E-state index contributed by atoms with van der Waals surface area (Å²) in [6.45, 7) is 7.02. The Bertz CT molecular complexity index is 1060. The van der Waals surface area contributed by atoms with Crippen LogP contribution in [-0.4, -0.2) is 40.4 Å². The molecule has 3 aromatic rings. The first-order valence-electron chi connectivity index (χ1n) is 8.73. The highest BCUT2D eigenvalue weighted by atomic mass is 32.2. The van der Waals surface area contributed by atoms with Gasteiger partial charge in [0.25, 0.3) is 0 Å². The molecule has 4 rings (SSSR count). The molecule has 0 bridgehead atoms. The summed E-state index contributed by atoms with van der Waals surface area (Å²) in [7, 11) is -3.40. The average molecular weight is 391 g/mol. The molecule has 6 nitrogen and oxygen atoms in total. The Morgan fingerprint density at radius 1 is 1.15 bits per heavy atom. The minimum absolute atomic E-state index is 0.348. The molecular weight excluding hydrogens is 368 g/mol. The molecule has 1 aliphatic heterocycles. The summed E-state index contributed by atoms with van der Waals surface area (Å²) in [6.07, 6.45) is 5.24. The van der Waals surface area contributed by atoms with Crippen LogP contribution in [0.5, 0.6) is 0 Å². The van der Waals surface area contributed by atoms with Gasteiger partial charge in [0.05, 0.1) is 4.90 Å². The number of aromatic nitrogens is 3.